The molecule has 1 aliphatic carbocycles. The predicted molar refractivity (Wildman–Crippen MR) is 123 cm³/mol. The normalized spacial score (nSPS) is 12.5. The molecule has 4 rings (SSSR count). The van der Waals surface area contributed by atoms with Crippen LogP contribution in [0, 0.1) is 6.92 Å². The largest absolute Gasteiger partial charge is 0.465 e. The number of benzene rings is 1. The smallest absolute Gasteiger partial charge is 0.337 e. The average Bonchev–Trinajstić information content (AvgIpc) is 3.36. The molecule has 0 unspecified atom stereocenters. The Labute approximate surface area is 192 Å². The van der Waals surface area contributed by atoms with Gasteiger partial charge < -0.3 is 14.8 Å². The maximum absolute atomic E-state index is 12.7. The molecule has 32 heavy (non-hydrogen) atoms. The molecule has 1 aliphatic rings. The first-order valence-corrected chi connectivity index (χ1v) is 11.7. The number of esters is 2. The van der Waals surface area contributed by atoms with Crippen LogP contribution >= 0.6 is 23.1 Å². The van der Waals surface area contributed by atoms with Crippen LogP contribution in [0.25, 0.3) is 10.2 Å². The number of thiophene rings is 1. The molecule has 3 aromatic rings. The Balaban J connectivity index is 1.54. The van der Waals surface area contributed by atoms with Crippen LogP contribution in [0.15, 0.2) is 23.2 Å². The zero-order valence-corrected chi connectivity index (χ0v) is 19.4. The summed E-state index contributed by atoms with van der Waals surface area (Å²) in [5, 5.41) is 4.61. The average molecular weight is 472 g/mol. The van der Waals surface area contributed by atoms with Crippen LogP contribution in [0.5, 0.6) is 0 Å². The fourth-order valence-electron chi connectivity index (χ4n) is 3.67. The van der Waals surface area contributed by atoms with Gasteiger partial charge >= 0.3 is 11.9 Å². The quantitative estimate of drug-likeness (QED) is 0.329. The molecule has 1 N–H and O–H groups in total. The second kappa shape index (κ2) is 9.25. The van der Waals surface area contributed by atoms with Crippen LogP contribution in [0.3, 0.4) is 0 Å². The Morgan fingerprint density at radius 2 is 1.75 bits per heavy atom. The summed E-state index contributed by atoms with van der Waals surface area (Å²) >= 11 is 3.06. The molecule has 2 aromatic heterocycles. The Kier molecular flexibility index (Phi) is 6.43. The number of carbonyl (C=O) groups is 3. The minimum Gasteiger partial charge on any atom is -0.465 e. The number of anilines is 1. The summed E-state index contributed by atoms with van der Waals surface area (Å²) in [6, 6.07) is 4.28. The molecule has 0 saturated carbocycles. The number of ether oxygens (including phenoxy) is 2. The fourth-order valence-corrected chi connectivity index (χ4v) is 5.94. The van der Waals surface area contributed by atoms with Crippen molar-refractivity contribution in [2.24, 2.45) is 0 Å². The summed E-state index contributed by atoms with van der Waals surface area (Å²) in [6.45, 7) is 1.85. The lowest BCUT2D eigenvalue weighted by Gasteiger charge is -2.10. The standard InChI is InChI=1S/C22H21N3O5S2/c1-11-23-19(18-15-5-4-6-16(15)32-20(18)24-11)31-10-17(26)25-14-8-12(21(27)29-2)7-13(9-14)22(28)30-3/h7-9H,4-6,10H2,1-3H3,(H,25,26). The van der Waals surface area contributed by atoms with Crippen molar-refractivity contribution in [2.45, 2.75) is 31.2 Å². The van der Waals surface area contributed by atoms with Crippen molar-refractivity contribution in [3.05, 3.63) is 45.6 Å². The number of amides is 1. The van der Waals surface area contributed by atoms with Crippen molar-refractivity contribution in [2.75, 3.05) is 25.3 Å². The molecule has 8 nitrogen and oxygen atoms in total. The minimum absolute atomic E-state index is 0.117. The van der Waals surface area contributed by atoms with E-state index in [0.717, 1.165) is 34.5 Å². The van der Waals surface area contributed by atoms with Crippen molar-refractivity contribution < 1.29 is 23.9 Å². The minimum atomic E-state index is -0.620. The molecule has 0 spiro atoms. The van der Waals surface area contributed by atoms with Crippen molar-refractivity contribution in [3.8, 4) is 0 Å². The number of thioether (sulfide) groups is 1. The zero-order chi connectivity index (χ0) is 22.8. The van der Waals surface area contributed by atoms with E-state index in [2.05, 4.69) is 15.3 Å². The number of hydrogen-bond acceptors (Lipinski definition) is 9. The van der Waals surface area contributed by atoms with E-state index in [0.29, 0.717) is 11.5 Å². The Morgan fingerprint density at radius 3 is 2.41 bits per heavy atom. The maximum Gasteiger partial charge on any atom is 0.337 e. The van der Waals surface area contributed by atoms with Gasteiger partial charge in [-0.2, -0.15) is 0 Å². The molecule has 166 valence electrons. The van der Waals surface area contributed by atoms with E-state index in [1.54, 1.807) is 11.3 Å². The Morgan fingerprint density at radius 1 is 1.06 bits per heavy atom. The lowest BCUT2D eigenvalue weighted by molar-refractivity contribution is -0.113. The molecule has 0 atom stereocenters. The summed E-state index contributed by atoms with van der Waals surface area (Å²) in [6.07, 6.45) is 3.21. The molecule has 2 heterocycles. The highest BCUT2D eigenvalue weighted by atomic mass is 32.2. The number of fused-ring (bicyclic) bond motifs is 3. The van der Waals surface area contributed by atoms with Crippen molar-refractivity contribution in [3.63, 3.8) is 0 Å². The van der Waals surface area contributed by atoms with Gasteiger partial charge in [0.2, 0.25) is 5.91 Å². The highest BCUT2D eigenvalue weighted by Crippen LogP contribution is 2.40. The van der Waals surface area contributed by atoms with Gasteiger partial charge in [0.05, 0.1) is 31.1 Å². The molecule has 0 aliphatic heterocycles. The highest BCUT2D eigenvalue weighted by Gasteiger charge is 2.22. The van der Waals surface area contributed by atoms with Crippen molar-refractivity contribution in [1.82, 2.24) is 9.97 Å². The summed E-state index contributed by atoms with van der Waals surface area (Å²) in [5.41, 5.74) is 1.89. The van der Waals surface area contributed by atoms with E-state index in [-0.39, 0.29) is 22.8 Å². The lowest BCUT2D eigenvalue weighted by Crippen LogP contribution is -2.16. The summed E-state index contributed by atoms with van der Waals surface area (Å²) < 4.78 is 9.46. The summed E-state index contributed by atoms with van der Waals surface area (Å²) in [5.74, 6) is -0.735. The SMILES string of the molecule is COC(=O)c1cc(NC(=O)CSc2nc(C)nc3sc4c(c23)CCC4)cc(C(=O)OC)c1. The van der Waals surface area contributed by atoms with Crippen molar-refractivity contribution >= 4 is 56.8 Å². The summed E-state index contributed by atoms with van der Waals surface area (Å²) in [7, 11) is 2.49. The monoisotopic (exact) mass is 471 g/mol. The molecule has 1 amide bonds. The van der Waals surface area contributed by atoms with E-state index >= 15 is 0 Å². The number of nitrogens with one attached hydrogen (secondary N) is 1. The molecule has 1 aromatic carbocycles. The molecular formula is C22H21N3O5S2. The van der Waals surface area contributed by atoms with Crippen LogP contribution in [0.4, 0.5) is 5.69 Å². The number of hydrogen-bond donors (Lipinski definition) is 1. The van der Waals surface area contributed by atoms with Gasteiger partial charge in [0, 0.05) is 16.0 Å². The first-order chi connectivity index (χ1) is 15.4. The van der Waals surface area contributed by atoms with E-state index in [4.69, 9.17) is 9.47 Å². The predicted octanol–water partition coefficient (Wildman–Crippen LogP) is 3.79. The first-order valence-electron chi connectivity index (χ1n) is 9.93. The van der Waals surface area contributed by atoms with Crippen LogP contribution in [0.2, 0.25) is 0 Å². The highest BCUT2D eigenvalue weighted by molar-refractivity contribution is 8.00. The van der Waals surface area contributed by atoms with Crippen LogP contribution < -0.4 is 5.32 Å². The topological polar surface area (TPSA) is 107 Å². The van der Waals surface area contributed by atoms with Gasteiger partial charge in [-0.3, -0.25) is 4.79 Å². The summed E-state index contributed by atoms with van der Waals surface area (Å²) in [4.78, 5) is 48.0. The first kappa shape index (κ1) is 22.2. The number of carbonyl (C=O) groups excluding carboxylic acids is 3. The second-order valence-corrected chi connectivity index (χ2v) is 9.28. The third kappa shape index (κ3) is 4.46. The Bertz CT molecular complexity index is 1200. The number of aromatic nitrogens is 2. The third-order valence-electron chi connectivity index (χ3n) is 5.04. The molecule has 10 heteroatoms. The number of aryl methyl sites for hydroxylation is 3. The molecular weight excluding hydrogens is 450 g/mol. The van der Waals surface area contributed by atoms with Gasteiger partial charge in [0.15, 0.2) is 0 Å². The van der Waals surface area contributed by atoms with E-state index < -0.39 is 11.9 Å². The molecule has 0 saturated heterocycles. The number of rotatable bonds is 6. The van der Waals surface area contributed by atoms with E-state index in [1.807, 2.05) is 6.92 Å². The lowest BCUT2D eigenvalue weighted by atomic mass is 10.1. The van der Waals surface area contributed by atoms with Gasteiger partial charge in [-0.25, -0.2) is 19.6 Å². The van der Waals surface area contributed by atoms with Crippen LogP contribution in [-0.2, 0) is 27.1 Å². The van der Waals surface area contributed by atoms with Gasteiger partial charge in [-0.1, -0.05) is 11.8 Å². The van der Waals surface area contributed by atoms with Gasteiger partial charge in [0.25, 0.3) is 0 Å². The van der Waals surface area contributed by atoms with Gasteiger partial charge in [-0.15, -0.1) is 11.3 Å². The van der Waals surface area contributed by atoms with Crippen molar-refractivity contribution in [1.29, 1.82) is 0 Å². The maximum atomic E-state index is 12.7. The van der Waals surface area contributed by atoms with E-state index in [1.165, 1.54) is 54.6 Å². The van der Waals surface area contributed by atoms with Gasteiger partial charge in [0.1, 0.15) is 15.7 Å². The van der Waals surface area contributed by atoms with Crippen LogP contribution in [0.1, 0.15) is 43.4 Å². The van der Waals surface area contributed by atoms with E-state index in [9.17, 15) is 14.4 Å². The third-order valence-corrected chi connectivity index (χ3v) is 7.20. The molecule has 0 bridgehead atoms. The number of methoxy groups -OCH3 is 2. The molecule has 0 radical (unpaired) electrons. The Hall–Kier alpha value is -2.98. The second-order valence-electron chi connectivity index (χ2n) is 7.23. The molecule has 0 fully saturated rings. The number of nitrogens with zero attached hydrogens (tertiary/aromatic N) is 2. The van der Waals surface area contributed by atoms with Gasteiger partial charge in [-0.05, 0) is 49.9 Å². The van der Waals surface area contributed by atoms with Crippen LogP contribution in [-0.4, -0.2) is 47.8 Å². The fraction of sp³-hybridized carbons (Fsp3) is 0.318. The zero-order valence-electron chi connectivity index (χ0n) is 17.8.